The Balaban J connectivity index is 1.13. The molecule has 0 bridgehead atoms. The van der Waals surface area contributed by atoms with Gasteiger partial charge >= 0.3 is 0 Å². The summed E-state index contributed by atoms with van der Waals surface area (Å²) in [4.78, 5) is 20.8. The van der Waals surface area contributed by atoms with E-state index in [1.54, 1.807) is 0 Å². The van der Waals surface area contributed by atoms with Crippen molar-refractivity contribution in [2.24, 2.45) is 0 Å². The van der Waals surface area contributed by atoms with Crippen molar-refractivity contribution in [3.05, 3.63) is 215 Å². The largest absolute Gasteiger partial charge is 0.247 e. The molecule has 4 nitrogen and oxygen atoms in total. The van der Waals surface area contributed by atoms with Crippen LogP contribution in [0.25, 0.3) is 89.4 Å². The molecule has 12 rings (SSSR count). The lowest BCUT2D eigenvalue weighted by atomic mass is 9.70. The third-order valence-electron chi connectivity index (χ3n) is 12.5. The monoisotopic (exact) mass is 752 g/mol. The topological polar surface area (TPSA) is 51.6 Å². The van der Waals surface area contributed by atoms with Gasteiger partial charge in [-0.1, -0.05) is 181 Å². The molecule has 4 heteroatoms. The molecular weight excluding hydrogens is 717 g/mol. The summed E-state index contributed by atoms with van der Waals surface area (Å²) in [5.74, 6) is 1.90. The number of hydrogen-bond acceptors (Lipinski definition) is 4. The number of para-hydroxylation sites is 1. The van der Waals surface area contributed by atoms with E-state index < -0.39 is 5.41 Å². The first-order chi connectivity index (χ1) is 29.1. The summed E-state index contributed by atoms with van der Waals surface area (Å²) in [6, 6.07) is 65.6. The Bertz CT molecular complexity index is 3240. The van der Waals surface area contributed by atoms with Crippen LogP contribution in [0.3, 0.4) is 0 Å². The Hall–Kier alpha value is -7.56. The van der Waals surface area contributed by atoms with Crippen molar-refractivity contribution in [2.45, 2.75) is 19.3 Å². The van der Waals surface area contributed by atoms with Gasteiger partial charge in [-0.15, -0.1) is 0 Å². The van der Waals surface area contributed by atoms with Crippen LogP contribution in [0.4, 0.5) is 0 Å². The van der Waals surface area contributed by atoms with Gasteiger partial charge in [0, 0.05) is 33.0 Å². The molecule has 2 heterocycles. The number of rotatable bonds is 4. The number of benzene rings is 8. The van der Waals surface area contributed by atoms with Gasteiger partial charge in [0.1, 0.15) is 0 Å². The summed E-state index contributed by atoms with van der Waals surface area (Å²) in [6.07, 6.45) is 0. The minimum absolute atomic E-state index is 0.457. The van der Waals surface area contributed by atoms with Gasteiger partial charge in [-0.05, 0) is 75.9 Å². The van der Waals surface area contributed by atoms with E-state index in [1.165, 1.54) is 61.0 Å². The predicted molar refractivity (Wildman–Crippen MR) is 240 cm³/mol. The molecule has 8 aromatic carbocycles. The van der Waals surface area contributed by atoms with Crippen molar-refractivity contribution in [1.82, 2.24) is 19.9 Å². The Kier molecular flexibility index (Phi) is 7.24. The van der Waals surface area contributed by atoms with E-state index in [0.717, 1.165) is 44.2 Å². The zero-order valence-electron chi connectivity index (χ0n) is 32.6. The molecule has 0 amide bonds. The van der Waals surface area contributed by atoms with Gasteiger partial charge in [-0.25, -0.2) is 19.9 Å². The van der Waals surface area contributed by atoms with Gasteiger partial charge in [0.25, 0.3) is 0 Å². The SMILES string of the molecule is Cc1ccc(-c2nc(-c3ccc(C)cc3)nc(-c3cccc(-c4nc5ccccc5c5ccc6c(c45)-c4ccccc4C64c5ccccc5-c5ccccc54)c3)n2)cc1. The second kappa shape index (κ2) is 12.7. The summed E-state index contributed by atoms with van der Waals surface area (Å²) in [5, 5.41) is 3.48. The van der Waals surface area contributed by atoms with E-state index in [-0.39, 0.29) is 0 Å². The van der Waals surface area contributed by atoms with Crippen molar-refractivity contribution in [2.75, 3.05) is 0 Å². The Labute approximate surface area is 342 Å². The van der Waals surface area contributed by atoms with E-state index >= 15 is 0 Å². The highest BCUT2D eigenvalue weighted by atomic mass is 15.0. The second-order valence-electron chi connectivity index (χ2n) is 15.9. The molecule has 0 aliphatic heterocycles. The molecule has 1 spiro atoms. The van der Waals surface area contributed by atoms with Crippen LogP contribution in [0.1, 0.15) is 33.4 Å². The van der Waals surface area contributed by atoms with E-state index in [0.29, 0.717) is 17.5 Å². The van der Waals surface area contributed by atoms with Crippen molar-refractivity contribution < 1.29 is 0 Å². The lowest BCUT2D eigenvalue weighted by Gasteiger charge is -2.30. The van der Waals surface area contributed by atoms with E-state index in [4.69, 9.17) is 19.9 Å². The van der Waals surface area contributed by atoms with Crippen LogP contribution in [0.5, 0.6) is 0 Å². The fraction of sp³-hybridized carbons (Fsp3) is 0.0545. The smallest absolute Gasteiger partial charge is 0.164 e. The maximum atomic E-state index is 5.56. The third kappa shape index (κ3) is 4.90. The van der Waals surface area contributed by atoms with Crippen LogP contribution in [0.15, 0.2) is 182 Å². The normalized spacial score (nSPS) is 13.1. The summed E-state index contributed by atoms with van der Waals surface area (Å²) in [6.45, 7) is 4.19. The molecule has 0 radical (unpaired) electrons. The number of fused-ring (bicyclic) bond motifs is 14. The highest BCUT2D eigenvalue weighted by Gasteiger charge is 2.52. The Morgan fingerprint density at radius 3 is 1.49 bits per heavy atom. The van der Waals surface area contributed by atoms with E-state index in [2.05, 4.69) is 196 Å². The first kappa shape index (κ1) is 33.6. The lowest BCUT2D eigenvalue weighted by Crippen LogP contribution is -2.25. The number of hydrogen-bond donors (Lipinski definition) is 0. The zero-order valence-corrected chi connectivity index (χ0v) is 32.6. The first-order valence-corrected chi connectivity index (χ1v) is 20.2. The molecule has 2 aliphatic rings. The number of aryl methyl sites for hydroxylation is 2. The summed E-state index contributed by atoms with van der Waals surface area (Å²) < 4.78 is 0. The molecule has 0 saturated carbocycles. The van der Waals surface area contributed by atoms with Crippen molar-refractivity contribution in [1.29, 1.82) is 0 Å². The van der Waals surface area contributed by atoms with Crippen molar-refractivity contribution in [3.63, 3.8) is 0 Å². The number of aromatic nitrogens is 4. The van der Waals surface area contributed by atoms with Gasteiger partial charge in [0.05, 0.1) is 16.6 Å². The third-order valence-corrected chi connectivity index (χ3v) is 12.5. The molecule has 0 unspecified atom stereocenters. The van der Waals surface area contributed by atoms with Gasteiger partial charge in [0.15, 0.2) is 17.5 Å². The predicted octanol–water partition coefficient (Wildman–Crippen LogP) is 13.2. The van der Waals surface area contributed by atoms with Crippen LogP contribution in [-0.4, -0.2) is 19.9 Å². The average molecular weight is 753 g/mol. The standard InChI is InChI=1S/C55H36N4/c1-33-22-26-35(27-23-33)52-57-53(36-28-24-34(2)25-29-36)59-54(58-52)38-13-11-12-37(32-38)51-50-42(41-16-6-10-21-48(41)56-51)30-31-47-49(50)43-17-5-9-20-46(43)55(47)44-18-7-3-14-39(44)40-15-4-8-19-45(40)55/h3-32H,1-2H3. The Morgan fingerprint density at radius 2 is 0.864 bits per heavy atom. The molecule has 0 N–H and O–H groups in total. The molecule has 59 heavy (non-hydrogen) atoms. The van der Waals surface area contributed by atoms with Crippen LogP contribution in [-0.2, 0) is 5.41 Å². The maximum Gasteiger partial charge on any atom is 0.164 e. The lowest BCUT2D eigenvalue weighted by molar-refractivity contribution is 0.794. The van der Waals surface area contributed by atoms with Crippen molar-refractivity contribution >= 4 is 21.7 Å². The van der Waals surface area contributed by atoms with Crippen LogP contribution < -0.4 is 0 Å². The van der Waals surface area contributed by atoms with Gasteiger partial charge in [0.2, 0.25) is 0 Å². The highest BCUT2D eigenvalue weighted by Crippen LogP contribution is 2.64. The minimum Gasteiger partial charge on any atom is -0.247 e. The molecule has 2 aliphatic carbocycles. The number of nitrogens with zero attached hydrogens (tertiary/aromatic N) is 4. The Morgan fingerprint density at radius 1 is 0.356 bits per heavy atom. The average Bonchev–Trinajstić information content (AvgIpc) is 3.77. The van der Waals surface area contributed by atoms with E-state index in [9.17, 15) is 0 Å². The molecular formula is C55H36N4. The molecule has 2 aromatic heterocycles. The van der Waals surface area contributed by atoms with Crippen LogP contribution in [0, 0.1) is 13.8 Å². The maximum absolute atomic E-state index is 5.56. The molecule has 276 valence electrons. The fourth-order valence-corrected chi connectivity index (χ4v) is 9.81. The minimum atomic E-state index is -0.457. The first-order valence-electron chi connectivity index (χ1n) is 20.2. The number of pyridine rings is 1. The fourth-order valence-electron chi connectivity index (χ4n) is 9.81. The van der Waals surface area contributed by atoms with Gasteiger partial charge in [-0.2, -0.15) is 0 Å². The molecule has 10 aromatic rings. The van der Waals surface area contributed by atoms with Gasteiger partial charge in [-0.3, -0.25) is 0 Å². The highest BCUT2D eigenvalue weighted by molar-refractivity contribution is 6.19. The summed E-state index contributed by atoms with van der Waals surface area (Å²) in [5.41, 5.74) is 18.0. The van der Waals surface area contributed by atoms with Gasteiger partial charge < -0.3 is 0 Å². The van der Waals surface area contributed by atoms with Crippen molar-refractivity contribution in [3.8, 4) is 67.7 Å². The molecule has 0 atom stereocenters. The van der Waals surface area contributed by atoms with Crippen LogP contribution >= 0.6 is 0 Å². The summed E-state index contributed by atoms with van der Waals surface area (Å²) in [7, 11) is 0. The molecule has 0 fully saturated rings. The van der Waals surface area contributed by atoms with E-state index in [1.807, 2.05) is 0 Å². The molecule has 0 saturated heterocycles. The summed E-state index contributed by atoms with van der Waals surface area (Å²) >= 11 is 0. The second-order valence-corrected chi connectivity index (χ2v) is 15.9. The van der Waals surface area contributed by atoms with Crippen LogP contribution in [0.2, 0.25) is 0 Å². The quantitative estimate of drug-likeness (QED) is 0.168. The zero-order chi connectivity index (χ0) is 39.2.